The van der Waals surface area contributed by atoms with E-state index >= 15 is 0 Å². The van der Waals surface area contributed by atoms with Gasteiger partial charge in [-0.1, -0.05) is 42.5 Å². The second-order valence-corrected chi connectivity index (χ2v) is 3.76. The van der Waals surface area contributed by atoms with Gasteiger partial charge in [0.2, 0.25) is 6.23 Å². The van der Waals surface area contributed by atoms with E-state index in [0.717, 1.165) is 17.0 Å². The molecule has 0 radical (unpaired) electrons. The molecular formula is C13H12N2O. The number of benzene rings is 2. The van der Waals surface area contributed by atoms with Gasteiger partial charge in [-0.2, -0.15) is 0 Å². The van der Waals surface area contributed by atoms with Crippen molar-refractivity contribution < 1.29 is 4.74 Å². The average Bonchev–Trinajstić information content (AvgIpc) is 2.69. The summed E-state index contributed by atoms with van der Waals surface area (Å²) in [6, 6.07) is 17.7. The molecule has 0 fully saturated rings. The number of anilines is 1. The second kappa shape index (κ2) is 3.54. The zero-order chi connectivity index (χ0) is 11.0. The molecule has 3 nitrogen and oxygen atoms in total. The van der Waals surface area contributed by atoms with E-state index in [9.17, 15) is 0 Å². The van der Waals surface area contributed by atoms with Crippen molar-refractivity contribution in [1.82, 2.24) is 0 Å². The van der Waals surface area contributed by atoms with Gasteiger partial charge in [0.1, 0.15) is 5.75 Å². The third-order valence-electron chi connectivity index (χ3n) is 2.72. The summed E-state index contributed by atoms with van der Waals surface area (Å²) in [6.45, 7) is 0. The van der Waals surface area contributed by atoms with E-state index < -0.39 is 0 Å². The van der Waals surface area contributed by atoms with Crippen molar-refractivity contribution >= 4 is 5.69 Å². The Labute approximate surface area is 94.0 Å². The Hall–Kier alpha value is -2.00. The fourth-order valence-electron chi connectivity index (χ4n) is 1.92. The van der Waals surface area contributed by atoms with Crippen LogP contribution < -0.4 is 15.6 Å². The van der Waals surface area contributed by atoms with Crippen LogP contribution in [0.4, 0.5) is 5.69 Å². The maximum atomic E-state index is 6.03. The Morgan fingerprint density at radius 2 is 1.62 bits per heavy atom. The number of nitrogens with zero attached hydrogens (tertiary/aromatic N) is 1. The van der Waals surface area contributed by atoms with E-state index in [4.69, 9.17) is 10.6 Å². The minimum Gasteiger partial charge on any atom is -0.463 e. The molecule has 3 heteroatoms. The molecule has 1 aliphatic rings. The summed E-state index contributed by atoms with van der Waals surface area (Å²) in [5.74, 6) is 6.86. The lowest BCUT2D eigenvalue weighted by Gasteiger charge is -2.19. The minimum atomic E-state index is -0.224. The molecule has 3 rings (SSSR count). The first-order valence-corrected chi connectivity index (χ1v) is 5.21. The van der Waals surface area contributed by atoms with Gasteiger partial charge in [-0.25, -0.2) is 5.84 Å². The minimum absolute atomic E-state index is 0.224. The van der Waals surface area contributed by atoms with Gasteiger partial charge in [0.25, 0.3) is 0 Å². The molecule has 1 atom stereocenters. The average molecular weight is 212 g/mol. The van der Waals surface area contributed by atoms with Crippen molar-refractivity contribution in [2.45, 2.75) is 6.23 Å². The molecule has 1 heterocycles. The molecule has 0 aromatic heterocycles. The Morgan fingerprint density at radius 1 is 0.938 bits per heavy atom. The highest BCUT2D eigenvalue weighted by Gasteiger charge is 2.29. The number of ether oxygens (including phenoxy) is 1. The van der Waals surface area contributed by atoms with Crippen LogP contribution in [0.25, 0.3) is 0 Å². The maximum absolute atomic E-state index is 6.03. The molecule has 1 unspecified atom stereocenters. The first-order valence-electron chi connectivity index (χ1n) is 5.21. The van der Waals surface area contributed by atoms with Crippen LogP contribution in [0, 0.1) is 0 Å². The van der Waals surface area contributed by atoms with Crippen LogP contribution in [0.5, 0.6) is 5.75 Å². The normalized spacial score (nSPS) is 18.1. The summed E-state index contributed by atoms with van der Waals surface area (Å²) in [4.78, 5) is 0. The number of fused-ring (bicyclic) bond motifs is 1. The van der Waals surface area contributed by atoms with Crippen LogP contribution >= 0.6 is 0 Å². The number of para-hydroxylation sites is 2. The van der Waals surface area contributed by atoms with Crippen LogP contribution in [-0.2, 0) is 0 Å². The molecule has 2 aromatic rings. The predicted octanol–water partition coefficient (Wildman–Crippen LogP) is 2.46. The largest absolute Gasteiger partial charge is 0.463 e. The van der Waals surface area contributed by atoms with Crippen molar-refractivity contribution in [3.05, 3.63) is 60.2 Å². The van der Waals surface area contributed by atoms with E-state index in [-0.39, 0.29) is 6.23 Å². The van der Waals surface area contributed by atoms with Crippen molar-refractivity contribution in [2.24, 2.45) is 5.84 Å². The van der Waals surface area contributed by atoms with Gasteiger partial charge in [0, 0.05) is 5.56 Å². The van der Waals surface area contributed by atoms with Gasteiger partial charge in [-0.3, -0.25) is 5.01 Å². The summed E-state index contributed by atoms with van der Waals surface area (Å²) in [5.41, 5.74) is 1.98. The van der Waals surface area contributed by atoms with Gasteiger partial charge >= 0.3 is 0 Å². The fraction of sp³-hybridized carbons (Fsp3) is 0.0769. The summed E-state index contributed by atoms with van der Waals surface area (Å²) in [7, 11) is 0. The summed E-state index contributed by atoms with van der Waals surface area (Å²) in [6.07, 6.45) is -0.224. The first-order chi connectivity index (χ1) is 7.86. The standard InChI is InChI=1S/C13H12N2O/c14-15-11-8-4-5-9-12(11)16-13(15)10-6-2-1-3-7-10/h1-9,13H,14H2. The number of hydrazine groups is 1. The Morgan fingerprint density at radius 3 is 2.38 bits per heavy atom. The monoisotopic (exact) mass is 212 g/mol. The number of nitrogens with two attached hydrogens (primary N) is 1. The quantitative estimate of drug-likeness (QED) is 0.738. The van der Waals surface area contributed by atoms with Gasteiger partial charge in [-0.15, -0.1) is 0 Å². The van der Waals surface area contributed by atoms with E-state index in [1.54, 1.807) is 5.01 Å². The summed E-state index contributed by atoms with van der Waals surface area (Å²) >= 11 is 0. The zero-order valence-corrected chi connectivity index (χ0v) is 8.71. The molecule has 0 aliphatic carbocycles. The zero-order valence-electron chi connectivity index (χ0n) is 8.71. The maximum Gasteiger partial charge on any atom is 0.211 e. The van der Waals surface area contributed by atoms with E-state index in [0.29, 0.717) is 0 Å². The Kier molecular flexibility index (Phi) is 2.04. The highest BCUT2D eigenvalue weighted by molar-refractivity contribution is 5.61. The molecule has 2 N–H and O–H groups in total. The van der Waals surface area contributed by atoms with Gasteiger partial charge in [0.05, 0.1) is 5.69 Å². The molecule has 2 aromatic carbocycles. The lowest BCUT2D eigenvalue weighted by Crippen LogP contribution is -2.33. The van der Waals surface area contributed by atoms with E-state index in [1.807, 2.05) is 54.6 Å². The van der Waals surface area contributed by atoms with Gasteiger partial charge in [0.15, 0.2) is 0 Å². The molecule has 80 valence electrons. The smallest absolute Gasteiger partial charge is 0.211 e. The third kappa shape index (κ3) is 1.33. The molecule has 16 heavy (non-hydrogen) atoms. The highest BCUT2D eigenvalue weighted by Crippen LogP contribution is 2.40. The molecule has 0 bridgehead atoms. The topological polar surface area (TPSA) is 38.5 Å². The van der Waals surface area contributed by atoms with Crippen LogP contribution in [0.15, 0.2) is 54.6 Å². The molecule has 0 amide bonds. The van der Waals surface area contributed by atoms with Crippen LogP contribution in [0.1, 0.15) is 11.8 Å². The Balaban J connectivity index is 1.99. The molecule has 1 aliphatic heterocycles. The van der Waals surface area contributed by atoms with Crippen molar-refractivity contribution in [2.75, 3.05) is 5.01 Å². The SMILES string of the molecule is NN1c2ccccc2OC1c1ccccc1. The Bertz CT molecular complexity index is 498. The van der Waals surface area contributed by atoms with Crippen molar-refractivity contribution in [1.29, 1.82) is 0 Å². The third-order valence-corrected chi connectivity index (χ3v) is 2.72. The van der Waals surface area contributed by atoms with Crippen LogP contribution in [-0.4, -0.2) is 0 Å². The van der Waals surface area contributed by atoms with E-state index in [2.05, 4.69) is 0 Å². The first kappa shape index (κ1) is 9.24. The number of hydrogen-bond acceptors (Lipinski definition) is 3. The van der Waals surface area contributed by atoms with Gasteiger partial charge < -0.3 is 4.74 Å². The lowest BCUT2D eigenvalue weighted by molar-refractivity contribution is 0.229. The van der Waals surface area contributed by atoms with Crippen molar-refractivity contribution in [3.63, 3.8) is 0 Å². The van der Waals surface area contributed by atoms with Crippen LogP contribution in [0.3, 0.4) is 0 Å². The predicted molar refractivity (Wildman–Crippen MR) is 62.9 cm³/mol. The summed E-state index contributed by atoms with van der Waals surface area (Å²) in [5, 5.41) is 1.66. The highest BCUT2D eigenvalue weighted by atomic mass is 16.5. The number of rotatable bonds is 1. The molecule has 0 saturated carbocycles. The van der Waals surface area contributed by atoms with Crippen LogP contribution in [0.2, 0.25) is 0 Å². The molecule has 0 spiro atoms. The number of hydrogen-bond donors (Lipinski definition) is 1. The molecular weight excluding hydrogens is 200 g/mol. The fourth-order valence-corrected chi connectivity index (χ4v) is 1.92. The molecule has 0 saturated heterocycles. The van der Waals surface area contributed by atoms with E-state index in [1.165, 1.54) is 0 Å². The van der Waals surface area contributed by atoms with Gasteiger partial charge in [-0.05, 0) is 12.1 Å². The second-order valence-electron chi connectivity index (χ2n) is 3.76. The summed E-state index contributed by atoms with van der Waals surface area (Å²) < 4.78 is 5.81. The van der Waals surface area contributed by atoms with Crippen molar-refractivity contribution in [3.8, 4) is 5.75 Å². The lowest BCUT2D eigenvalue weighted by atomic mass is 10.2.